The molecule has 1 aromatic carbocycles. The number of phenols is 1. The highest BCUT2D eigenvalue weighted by atomic mass is 16.5. The van der Waals surface area contributed by atoms with Crippen LogP contribution in [0.15, 0.2) is 18.2 Å². The summed E-state index contributed by atoms with van der Waals surface area (Å²) < 4.78 is 4.96. The number of hydrogen-bond donors (Lipinski definition) is 2. The number of phenolic OH excluding ortho intramolecular Hbond substituents is 1. The van der Waals surface area contributed by atoms with E-state index in [9.17, 15) is 9.90 Å². The molecule has 2 rings (SSSR count). The van der Waals surface area contributed by atoms with Crippen molar-refractivity contribution in [1.29, 1.82) is 0 Å². The van der Waals surface area contributed by atoms with Gasteiger partial charge >= 0.3 is 5.97 Å². The van der Waals surface area contributed by atoms with Gasteiger partial charge in [-0.05, 0) is 36.6 Å². The standard InChI is InChI=1S/C12H15NO3/c1-2-16-12(15)11-6-9-5-10(14)4-3-8(9)7-13-11/h3-5,11,13-14H,2,6-7H2,1H3/t11-/m0/s1. The second kappa shape index (κ2) is 4.53. The van der Waals surface area contributed by atoms with E-state index < -0.39 is 0 Å². The van der Waals surface area contributed by atoms with Crippen molar-refractivity contribution in [3.8, 4) is 5.75 Å². The number of nitrogens with one attached hydrogen (secondary N) is 1. The molecule has 1 aliphatic heterocycles. The number of carbonyl (C=O) groups is 1. The Morgan fingerprint density at radius 1 is 1.56 bits per heavy atom. The topological polar surface area (TPSA) is 58.6 Å². The van der Waals surface area contributed by atoms with E-state index in [0.717, 1.165) is 11.1 Å². The Hall–Kier alpha value is -1.55. The fraction of sp³-hybridized carbons (Fsp3) is 0.417. The van der Waals surface area contributed by atoms with Crippen LogP contribution >= 0.6 is 0 Å². The van der Waals surface area contributed by atoms with Crippen LogP contribution in [-0.2, 0) is 22.5 Å². The second-order valence-electron chi connectivity index (χ2n) is 3.84. The van der Waals surface area contributed by atoms with Gasteiger partial charge in [0, 0.05) is 6.54 Å². The van der Waals surface area contributed by atoms with Gasteiger partial charge in [-0.3, -0.25) is 4.79 Å². The predicted molar refractivity (Wildman–Crippen MR) is 59.1 cm³/mol. The van der Waals surface area contributed by atoms with Gasteiger partial charge in [0.1, 0.15) is 11.8 Å². The summed E-state index contributed by atoms with van der Waals surface area (Å²) >= 11 is 0. The first-order valence-electron chi connectivity index (χ1n) is 5.41. The van der Waals surface area contributed by atoms with E-state index in [2.05, 4.69) is 5.32 Å². The highest BCUT2D eigenvalue weighted by Crippen LogP contribution is 2.21. The smallest absolute Gasteiger partial charge is 0.323 e. The molecule has 0 fully saturated rings. The molecule has 0 saturated heterocycles. The highest BCUT2D eigenvalue weighted by molar-refractivity contribution is 5.76. The summed E-state index contributed by atoms with van der Waals surface area (Å²) in [6, 6.07) is 4.95. The lowest BCUT2D eigenvalue weighted by Gasteiger charge is -2.24. The molecule has 0 spiro atoms. The Kier molecular flexibility index (Phi) is 3.10. The van der Waals surface area contributed by atoms with Crippen molar-refractivity contribution in [1.82, 2.24) is 5.32 Å². The number of fused-ring (bicyclic) bond motifs is 1. The van der Waals surface area contributed by atoms with Crippen LogP contribution < -0.4 is 5.32 Å². The summed E-state index contributed by atoms with van der Waals surface area (Å²) in [6.45, 7) is 2.82. The van der Waals surface area contributed by atoms with Gasteiger partial charge in [-0.15, -0.1) is 0 Å². The molecule has 16 heavy (non-hydrogen) atoms. The van der Waals surface area contributed by atoms with Crippen molar-refractivity contribution in [2.75, 3.05) is 6.61 Å². The van der Waals surface area contributed by atoms with Gasteiger partial charge < -0.3 is 15.2 Å². The molecule has 2 N–H and O–H groups in total. The Labute approximate surface area is 94.2 Å². The SMILES string of the molecule is CCOC(=O)[C@@H]1Cc2cc(O)ccc2CN1. The zero-order valence-corrected chi connectivity index (χ0v) is 9.19. The van der Waals surface area contributed by atoms with Gasteiger partial charge in [0.25, 0.3) is 0 Å². The monoisotopic (exact) mass is 221 g/mol. The van der Waals surface area contributed by atoms with Gasteiger partial charge in [-0.2, -0.15) is 0 Å². The maximum atomic E-state index is 11.5. The van der Waals surface area contributed by atoms with E-state index in [1.54, 1.807) is 19.1 Å². The molecule has 1 heterocycles. The molecule has 0 radical (unpaired) electrons. The second-order valence-corrected chi connectivity index (χ2v) is 3.84. The molecule has 0 amide bonds. The van der Waals surface area contributed by atoms with Crippen molar-refractivity contribution in [3.05, 3.63) is 29.3 Å². The molecule has 4 heteroatoms. The van der Waals surface area contributed by atoms with Crippen LogP contribution in [0.3, 0.4) is 0 Å². The molecule has 86 valence electrons. The van der Waals surface area contributed by atoms with E-state index in [4.69, 9.17) is 4.74 Å². The highest BCUT2D eigenvalue weighted by Gasteiger charge is 2.25. The van der Waals surface area contributed by atoms with Crippen molar-refractivity contribution in [2.45, 2.75) is 25.9 Å². The lowest BCUT2D eigenvalue weighted by Crippen LogP contribution is -2.42. The minimum atomic E-state index is -0.297. The van der Waals surface area contributed by atoms with Crippen LogP contribution in [0.4, 0.5) is 0 Å². The fourth-order valence-corrected chi connectivity index (χ4v) is 1.91. The molecule has 0 aliphatic carbocycles. The average Bonchev–Trinajstić information content (AvgIpc) is 2.28. The van der Waals surface area contributed by atoms with E-state index in [-0.39, 0.29) is 17.8 Å². The average molecular weight is 221 g/mol. The van der Waals surface area contributed by atoms with E-state index in [1.165, 1.54) is 0 Å². The van der Waals surface area contributed by atoms with Crippen LogP contribution in [0.25, 0.3) is 0 Å². The van der Waals surface area contributed by atoms with Crippen molar-refractivity contribution < 1.29 is 14.6 Å². The lowest BCUT2D eigenvalue weighted by molar-refractivity contribution is -0.145. The number of ether oxygens (including phenoxy) is 1. The minimum Gasteiger partial charge on any atom is -0.508 e. The number of aromatic hydroxyl groups is 1. The van der Waals surface area contributed by atoms with Gasteiger partial charge in [-0.1, -0.05) is 6.07 Å². The van der Waals surface area contributed by atoms with Crippen LogP contribution in [0.2, 0.25) is 0 Å². The third kappa shape index (κ3) is 2.17. The first kappa shape index (κ1) is 11.0. The third-order valence-electron chi connectivity index (χ3n) is 2.72. The maximum Gasteiger partial charge on any atom is 0.323 e. The number of rotatable bonds is 2. The summed E-state index contributed by atoms with van der Waals surface area (Å²) in [5, 5.41) is 12.5. The molecule has 0 unspecified atom stereocenters. The molecule has 4 nitrogen and oxygen atoms in total. The molecule has 0 bridgehead atoms. The van der Waals surface area contributed by atoms with Crippen LogP contribution in [0.1, 0.15) is 18.1 Å². The molecule has 0 aromatic heterocycles. The number of hydrogen-bond acceptors (Lipinski definition) is 4. The van der Waals surface area contributed by atoms with Crippen LogP contribution in [0.5, 0.6) is 5.75 Å². The summed E-state index contributed by atoms with van der Waals surface area (Å²) in [7, 11) is 0. The van der Waals surface area contributed by atoms with E-state index >= 15 is 0 Å². The lowest BCUT2D eigenvalue weighted by atomic mass is 9.95. The van der Waals surface area contributed by atoms with E-state index in [1.807, 2.05) is 6.07 Å². The van der Waals surface area contributed by atoms with E-state index in [0.29, 0.717) is 19.6 Å². The molecule has 1 aliphatic rings. The van der Waals surface area contributed by atoms with Gasteiger partial charge in [-0.25, -0.2) is 0 Å². The number of benzene rings is 1. The van der Waals surface area contributed by atoms with Gasteiger partial charge in [0.05, 0.1) is 6.61 Å². The Morgan fingerprint density at radius 2 is 2.38 bits per heavy atom. The zero-order valence-electron chi connectivity index (χ0n) is 9.19. The number of carbonyl (C=O) groups excluding carboxylic acids is 1. The Balaban J connectivity index is 2.13. The maximum absolute atomic E-state index is 11.5. The third-order valence-corrected chi connectivity index (χ3v) is 2.72. The molecular formula is C12H15NO3. The van der Waals surface area contributed by atoms with Gasteiger partial charge in [0.15, 0.2) is 0 Å². The largest absolute Gasteiger partial charge is 0.508 e. The minimum absolute atomic E-state index is 0.225. The van der Waals surface area contributed by atoms with Crippen LogP contribution in [-0.4, -0.2) is 23.7 Å². The molecule has 1 atom stereocenters. The zero-order chi connectivity index (χ0) is 11.5. The summed E-state index contributed by atoms with van der Waals surface area (Å²) in [5.41, 5.74) is 2.13. The Morgan fingerprint density at radius 3 is 3.12 bits per heavy atom. The van der Waals surface area contributed by atoms with Crippen LogP contribution in [0, 0.1) is 0 Å². The summed E-state index contributed by atoms with van der Waals surface area (Å²) in [6.07, 6.45) is 0.572. The first-order valence-corrected chi connectivity index (χ1v) is 5.41. The molecule has 0 saturated carbocycles. The van der Waals surface area contributed by atoms with Crippen molar-refractivity contribution in [2.24, 2.45) is 0 Å². The predicted octanol–water partition coefficient (Wildman–Crippen LogP) is 0.970. The molecule has 1 aromatic rings. The first-order chi connectivity index (χ1) is 7.70. The quantitative estimate of drug-likeness (QED) is 0.731. The van der Waals surface area contributed by atoms with Gasteiger partial charge in [0.2, 0.25) is 0 Å². The summed E-state index contributed by atoms with van der Waals surface area (Å²) in [4.78, 5) is 11.5. The fourth-order valence-electron chi connectivity index (χ4n) is 1.91. The normalized spacial score (nSPS) is 18.9. The van der Waals surface area contributed by atoms with Crippen molar-refractivity contribution >= 4 is 5.97 Å². The Bertz CT molecular complexity index is 403. The number of esters is 1. The van der Waals surface area contributed by atoms with Crippen molar-refractivity contribution in [3.63, 3.8) is 0 Å². The summed E-state index contributed by atoms with van der Waals surface area (Å²) in [5.74, 6) is 0.0137. The molecular weight excluding hydrogens is 206 g/mol.